The summed E-state index contributed by atoms with van der Waals surface area (Å²) in [4.78, 5) is 4.48. The summed E-state index contributed by atoms with van der Waals surface area (Å²) in [7, 11) is -3.84. The van der Waals surface area contributed by atoms with Crippen LogP contribution in [0, 0.1) is 13.8 Å². The molecule has 2 atom stereocenters. The topological polar surface area (TPSA) is 105 Å². The molecule has 0 amide bonds. The standard InChI is InChI=1S/C19H21N3O4S/c1-11-19(12(2)26-21-11)13-9-16-14(5-4-8-20-16)18(10-13)27(24,25)22-15-6-3-7-17(15)23/h4-5,8-10,15,17,22-23H,3,6-7H2,1-2H3/t15-,17-/m1/s1. The van der Waals surface area contributed by atoms with Crippen LogP contribution in [-0.2, 0) is 10.0 Å². The summed E-state index contributed by atoms with van der Waals surface area (Å²) in [5.74, 6) is 0.616. The lowest BCUT2D eigenvalue weighted by Gasteiger charge is -2.18. The highest BCUT2D eigenvalue weighted by molar-refractivity contribution is 7.89. The first-order valence-corrected chi connectivity index (χ1v) is 10.4. The monoisotopic (exact) mass is 387 g/mol. The van der Waals surface area contributed by atoms with E-state index in [4.69, 9.17) is 4.52 Å². The van der Waals surface area contributed by atoms with Gasteiger partial charge in [0.1, 0.15) is 5.76 Å². The van der Waals surface area contributed by atoms with E-state index >= 15 is 0 Å². The van der Waals surface area contributed by atoms with E-state index in [1.807, 2.05) is 13.0 Å². The van der Waals surface area contributed by atoms with E-state index in [2.05, 4.69) is 14.9 Å². The summed E-state index contributed by atoms with van der Waals surface area (Å²) >= 11 is 0. The molecular weight excluding hydrogens is 366 g/mol. The number of aryl methyl sites for hydroxylation is 2. The van der Waals surface area contributed by atoms with Crippen LogP contribution in [0.5, 0.6) is 0 Å². The van der Waals surface area contributed by atoms with Crippen molar-refractivity contribution >= 4 is 20.9 Å². The summed E-state index contributed by atoms with van der Waals surface area (Å²) in [6.07, 6.45) is 3.00. The van der Waals surface area contributed by atoms with E-state index in [1.165, 1.54) is 0 Å². The molecular formula is C19H21N3O4S. The molecule has 1 aromatic carbocycles. The van der Waals surface area contributed by atoms with Gasteiger partial charge >= 0.3 is 0 Å². The number of hydrogen-bond donors (Lipinski definition) is 2. The third-order valence-corrected chi connectivity index (χ3v) is 6.61. The van der Waals surface area contributed by atoms with E-state index < -0.39 is 22.2 Å². The van der Waals surface area contributed by atoms with Gasteiger partial charge in [0.25, 0.3) is 0 Å². The van der Waals surface area contributed by atoms with Crippen LogP contribution in [0.3, 0.4) is 0 Å². The van der Waals surface area contributed by atoms with Gasteiger partial charge in [0.15, 0.2) is 0 Å². The maximum absolute atomic E-state index is 13.2. The average Bonchev–Trinajstić information content (AvgIpc) is 3.18. The number of nitrogens with zero attached hydrogens (tertiary/aromatic N) is 2. The molecule has 3 aromatic rings. The summed E-state index contributed by atoms with van der Waals surface area (Å²) in [6.45, 7) is 3.61. The first-order chi connectivity index (χ1) is 12.9. The number of rotatable bonds is 4. The third-order valence-electron chi connectivity index (χ3n) is 5.08. The van der Waals surface area contributed by atoms with E-state index in [9.17, 15) is 13.5 Å². The van der Waals surface area contributed by atoms with Crippen LogP contribution in [-0.4, -0.2) is 35.8 Å². The fraction of sp³-hybridized carbons (Fsp3) is 0.368. The molecule has 0 saturated heterocycles. The predicted molar refractivity (Wildman–Crippen MR) is 101 cm³/mol. The molecule has 8 heteroatoms. The fourth-order valence-corrected chi connectivity index (χ4v) is 5.30. The van der Waals surface area contributed by atoms with Crippen molar-refractivity contribution in [2.75, 3.05) is 0 Å². The Bertz CT molecular complexity index is 1090. The largest absolute Gasteiger partial charge is 0.391 e. The molecule has 0 aliphatic heterocycles. The van der Waals surface area contributed by atoms with E-state index in [1.54, 1.807) is 31.3 Å². The molecule has 4 rings (SSSR count). The number of pyridine rings is 1. The summed E-state index contributed by atoms with van der Waals surface area (Å²) in [6, 6.07) is 6.44. The van der Waals surface area contributed by atoms with Gasteiger partial charge in [-0.1, -0.05) is 5.16 Å². The zero-order valence-electron chi connectivity index (χ0n) is 15.1. The number of hydrogen-bond acceptors (Lipinski definition) is 6. The molecule has 142 valence electrons. The normalized spacial score (nSPS) is 20.4. The lowest BCUT2D eigenvalue weighted by molar-refractivity contribution is 0.159. The molecule has 2 aromatic heterocycles. The van der Waals surface area contributed by atoms with Gasteiger partial charge in [-0.15, -0.1) is 0 Å². The van der Waals surface area contributed by atoms with Gasteiger partial charge in [-0.3, -0.25) is 4.98 Å². The minimum atomic E-state index is -3.84. The minimum absolute atomic E-state index is 0.141. The third kappa shape index (κ3) is 3.24. The van der Waals surface area contributed by atoms with Crippen LogP contribution >= 0.6 is 0 Å². The molecule has 1 aliphatic carbocycles. The SMILES string of the molecule is Cc1noc(C)c1-c1cc(S(=O)(=O)N[C@@H]2CCC[C@H]2O)c2cccnc2c1. The second kappa shape index (κ2) is 6.70. The van der Waals surface area contributed by atoms with Gasteiger partial charge in [-0.05, 0) is 62.9 Å². The highest BCUT2D eigenvalue weighted by Gasteiger charge is 2.31. The maximum Gasteiger partial charge on any atom is 0.241 e. The van der Waals surface area contributed by atoms with Crippen molar-refractivity contribution in [2.24, 2.45) is 0 Å². The number of sulfonamides is 1. The van der Waals surface area contributed by atoms with Gasteiger partial charge in [0.05, 0.1) is 22.2 Å². The minimum Gasteiger partial charge on any atom is -0.391 e. The van der Waals surface area contributed by atoms with E-state index in [-0.39, 0.29) is 4.90 Å². The summed E-state index contributed by atoms with van der Waals surface area (Å²) < 4.78 is 34.2. The van der Waals surface area contributed by atoms with Crippen molar-refractivity contribution in [1.82, 2.24) is 14.9 Å². The first kappa shape index (κ1) is 18.1. The van der Waals surface area contributed by atoms with Crippen molar-refractivity contribution in [3.05, 3.63) is 41.9 Å². The van der Waals surface area contributed by atoms with Gasteiger partial charge in [-0.25, -0.2) is 13.1 Å². The van der Waals surface area contributed by atoms with Crippen LogP contribution in [0.2, 0.25) is 0 Å². The maximum atomic E-state index is 13.2. The Hall–Kier alpha value is -2.29. The van der Waals surface area contributed by atoms with Crippen LogP contribution in [0.1, 0.15) is 30.7 Å². The van der Waals surface area contributed by atoms with Crippen LogP contribution in [0.15, 0.2) is 39.9 Å². The smallest absolute Gasteiger partial charge is 0.241 e. The molecule has 0 spiro atoms. The Morgan fingerprint density at radius 1 is 1.26 bits per heavy atom. The van der Waals surface area contributed by atoms with Crippen LogP contribution < -0.4 is 4.72 Å². The lowest BCUT2D eigenvalue weighted by Crippen LogP contribution is -2.39. The highest BCUT2D eigenvalue weighted by atomic mass is 32.2. The first-order valence-electron chi connectivity index (χ1n) is 8.89. The molecule has 0 unspecified atom stereocenters. The van der Waals surface area contributed by atoms with E-state index in [0.717, 1.165) is 12.0 Å². The average molecular weight is 387 g/mol. The van der Waals surface area contributed by atoms with Crippen molar-refractivity contribution in [3.8, 4) is 11.1 Å². The number of benzene rings is 1. The van der Waals surface area contributed by atoms with Gasteiger partial charge in [0.2, 0.25) is 10.0 Å². The van der Waals surface area contributed by atoms with Crippen molar-refractivity contribution in [1.29, 1.82) is 0 Å². The zero-order valence-corrected chi connectivity index (χ0v) is 16.0. The van der Waals surface area contributed by atoms with Gasteiger partial charge in [0, 0.05) is 23.2 Å². The number of nitrogens with one attached hydrogen (secondary N) is 1. The summed E-state index contributed by atoms with van der Waals surface area (Å²) in [5, 5.41) is 14.5. The number of aliphatic hydroxyl groups is 1. The lowest BCUT2D eigenvalue weighted by atomic mass is 10.0. The second-order valence-electron chi connectivity index (χ2n) is 6.97. The Morgan fingerprint density at radius 3 is 2.74 bits per heavy atom. The molecule has 7 nitrogen and oxygen atoms in total. The second-order valence-corrected chi connectivity index (χ2v) is 8.65. The Labute approximate surface area is 157 Å². The van der Waals surface area contributed by atoms with Crippen molar-refractivity contribution in [3.63, 3.8) is 0 Å². The number of aromatic nitrogens is 2. The van der Waals surface area contributed by atoms with E-state index in [0.29, 0.717) is 40.8 Å². The van der Waals surface area contributed by atoms with Crippen LogP contribution in [0.4, 0.5) is 0 Å². The number of aliphatic hydroxyl groups excluding tert-OH is 1. The molecule has 1 aliphatic rings. The Kier molecular flexibility index (Phi) is 4.49. The molecule has 1 fully saturated rings. The molecule has 0 bridgehead atoms. The highest BCUT2D eigenvalue weighted by Crippen LogP contribution is 2.33. The summed E-state index contributed by atoms with van der Waals surface area (Å²) in [5.41, 5.74) is 2.71. The van der Waals surface area contributed by atoms with Gasteiger partial charge in [-0.2, -0.15) is 0 Å². The molecule has 2 N–H and O–H groups in total. The van der Waals surface area contributed by atoms with Crippen LogP contribution in [0.25, 0.3) is 22.0 Å². The molecule has 1 saturated carbocycles. The fourth-order valence-electron chi connectivity index (χ4n) is 3.75. The quantitative estimate of drug-likeness (QED) is 0.713. The van der Waals surface area contributed by atoms with Gasteiger partial charge < -0.3 is 9.63 Å². The Morgan fingerprint density at radius 2 is 2.07 bits per heavy atom. The zero-order chi connectivity index (χ0) is 19.2. The molecule has 0 radical (unpaired) electrons. The van der Waals surface area contributed by atoms with Crippen molar-refractivity contribution in [2.45, 2.75) is 50.2 Å². The van der Waals surface area contributed by atoms with Crippen molar-refractivity contribution < 1.29 is 18.0 Å². The molecule has 2 heterocycles. The number of fused-ring (bicyclic) bond motifs is 1. The molecule has 27 heavy (non-hydrogen) atoms. The predicted octanol–water partition coefficient (Wildman–Crippen LogP) is 2.70. The Balaban J connectivity index is 1.89.